The Kier molecular flexibility index (Phi) is 2.92. The van der Waals surface area contributed by atoms with Gasteiger partial charge in [0.2, 0.25) is 0 Å². The highest BCUT2D eigenvalue weighted by Crippen LogP contribution is 2.53. The third-order valence-corrected chi connectivity index (χ3v) is 4.90. The summed E-state index contributed by atoms with van der Waals surface area (Å²) in [4.78, 5) is 44.8. The maximum atomic E-state index is 12.0. The monoisotopic (exact) mass is 316 g/mol. The average molecular weight is 317 g/mol. The summed E-state index contributed by atoms with van der Waals surface area (Å²) in [5.74, 6) is -1.31. The van der Waals surface area contributed by atoms with Crippen molar-refractivity contribution in [3.63, 3.8) is 0 Å². The van der Waals surface area contributed by atoms with Gasteiger partial charge in [-0.3, -0.25) is 18.7 Å². The Bertz CT molecular complexity index is 881. The Morgan fingerprint density at radius 1 is 1.35 bits per heavy atom. The molecule has 7 nitrogen and oxygen atoms in total. The third-order valence-electron chi connectivity index (χ3n) is 3.41. The van der Waals surface area contributed by atoms with Gasteiger partial charge in [0.15, 0.2) is 0 Å². The minimum atomic E-state index is -4.54. The molecule has 1 aromatic heterocycles. The highest BCUT2D eigenvalue weighted by atomic mass is 35.5. The summed E-state index contributed by atoms with van der Waals surface area (Å²) in [6.07, 6.45) is 0.453. The zero-order valence-corrected chi connectivity index (χ0v) is 11.7. The molecule has 0 amide bonds. The smallest absolute Gasteiger partial charge is 0.323 e. The van der Waals surface area contributed by atoms with Crippen molar-refractivity contribution < 1.29 is 14.4 Å². The van der Waals surface area contributed by atoms with Gasteiger partial charge >= 0.3 is 18.7 Å². The average Bonchev–Trinajstić information content (AvgIpc) is 2.33. The predicted octanol–water partition coefficient (Wildman–Crippen LogP) is 0.966. The lowest BCUT2D eigenvalue weighted by Crippen LogP contribution is -2.40. The molecule has 2 heterocycles. The van der Waals surface area contributed by atoms with Gasteiger partial charge in [-0.05, 0) is 30.5 Å². The van der Waals surface area contributed by atoms with Crippen molar-refractivity contribution in [2.75, 3.05) is 0 Å². The van der Waals surface area contributed by atoms with Gasteiger partial charge in [0.05, 0.1) is 11.0 Å². The van der Waals surface area contributed by atoms with Crippen LogP contribution in [-0.4, -0.2) is 19.3 Å². The quantitative estimate of drug-likeness (QED) is 0.536. The number of nitrogens with one attached hydrogen (secondary N) is 1. The van der Waals surface area contributed by atoms with Gasteiger partial charge in [0.1, 0.15) is 5.78 Å². The van der Waals surface area contributed by atoms with Crippen LogP contribution in [0.3, 0.4) is 0 Å². The fourth-order valence-corrected chi connectivity index (χ4v) is 3.86. The summed E-state index contributed by atoms with van der Waals surface area (Å²) in [7, 11) is -4.54. The minimum Gasteiger partial charge on any atom is -0.323 e. The summed E-state index contributed by atoms with van der Waals surface area (Å²) in [6.45, 7) is 0. The van der Waals surface area contributed by atoms with Crippen LogP contribution in [0.1, 0.15) is 17.8 Å². The largest absolute Gasteiger partial charge is 0.348 e. The van der Waals surface area contributed by atoms with Crippen molar-refractivity contribution in [2.45, 2.75) is 18.6 Å². The highest BCUT2D eigenvalue weighted by molar-refractivity contribution is 7.51. The van der Waals surface area contributed by atoms with E-state index in [-0.39, 0.29) is 6.42 Å². The maximum Gasteiger partial charge on any atom is 0.348 e. The fourth-order valence-electron chi connectivity index (χ4n) is 2.63. The molecule has 3 rings (SSSR count). The van der Waals surface area contributed by atoms with Crippen LogP contribution in [-0.2, 0) is 11.0 Å². The van der Waals surface area contributed by atoms with Crippen LogP contribution in [0.5, 0.6) is 0 Å². The number of hydrogen-bond donors (Lipinski definition) is 3. The Morgan fingerprint density at radius 2 is 2.05 bits per heavy atom. The van der Waals surface area contributed by atoms with E-state index in [1.165, 1.54) is 6.07 Å². The highest BCUT2D eigenvalue weighted by Gasteiger charge is 2.36. The number of H-pyrrole nitrogens is 1. The second kappa shape index (κ2) is 4.30. The molecule has 1 aromatic carbocycles. The molecule has 0 saturated heterocycles. The first kappa shape index (κ1) is 13.6. The van der Waals surface area contributed by atoms with Crippen LogP contribution in [0.25, 0.3) is 11.0 Å². The molecule has 2 aromatic rings. The van der Waals surface area contributed by atoms with Gasteiger partial charge in [-0.1, -0.05) is 11.6 Å². The van der Waals surface area contributed by atoms with Crippen molar-refractivity contribution in [2.24, 2.45) is 0 Å². The van der Waals surface area contributed by atoms with E-state index >= 15 is 0 Å². The second-order valence-electron chi connectivity index (χ2n) is 4.70. The first-order chi connectivity index (χ1) is 9.29. The van der Waals surface area contributed by atoms with Crippen LogP contribution in [0, 0.1) is 0 Å². The zero-order chi connectivity index (χ0) is 14.7. The maximum absolute atomic E-state index is 12.0. The Labute approximate surface area is 117 Å². The molecule has 3 N–H and O–H groups in total. The lowest BCUT2D eigenvalue weighted by atomic mass is 10.0. The molecule has 9 heteroatoms. The van der Waals surface area contributed by atoms with Crippen molar-refractivity contribution in [1.29, 1.82) is 0 Å². The van der Waals surface area contributed by atoms with Gasteiger partial charge in [-0.15, -0.1) is 0 Å². The fraction of sp³-hybridized carbons (Fsp3) is 0.273. The molecular weight excluding hydrogens is 307 g/mol. The van der Waals surface area contributed by atoms with E-state index in [0.717, 1.165) is 4.57 Å². The standard InChI is InChI=1S/C11H10ClN2O5P/c12-6-3-5-1-2-8(20(17,18)19)14-9(5)7(4-6)13-10(15)11(14)16/h3-4,8H,1-2H2,(H,13,15)(H2,17,18,19). The molecule has 0 radical (unpaired) electrons. The molecule has 0 fully saturated rings. The molecule has 20 heavy (non-hydrogen) atoms. The molecule has 0 saturated carbocycles. The van der Waals surface area contributed by atoms with E-state index in [2.05, 4.69) is 4.98 Å². The van der Waals surface area contributed by atoms with Gasteiger partial charge in [-0.25, -0.2) is 0 Å². The second-order valence-corrected chi connectivity index (χ2v) is 6.91. The van der Waals surface area contributed by atoms with E-state index < -0.39 is 24.5 Å². The predicted molar refractivity (Wildman–Crippen MR) is 73.2 cm³/mol. The van der Waals surface area contributed by atoms with Crippen molar-refractivity contribution in [3.05, 3.63) is 43.4 Å². The molecule has 106 valence electrons. The first-order valence-corrected chi connectivity index (χ1v) is 7.87. The van der Waals surface area contributed by atoms with E-state index in [4.69, 9.17) is 11.6 Å². The lowest BCUT2D eigenvalue weighted by Gasteiger charge is -2.27. The van der Waals surface area contributed by atoms with Crippen molar-refractivity contribution >= 4 is 30.2 Å². The van der Waals surface area contributed by atoms with Gasteiger partial charge in [0.25, 0.3) is 0 Å². The van der Waals surface area contributed by atoms with Gasteiger partial charge < -0.3 is 14.8 Å². The van der Waals surface area contributed by atoms with Gasteiger partial charge in [-0.2, -0.15) is 0 Å². The summed E-state index contributed by atoms with van der Waals surface area (Å²) in [5.41, 5.74) is -0.570. The number of aromatic amines is 1. The van der Waals surface area contributed by atoms with E-state index in [9.17, 15) is 23.9 Å². The Morgan fingerprint density at radius 3 is 2.70 bits per heavy atom. The number of benzene rings is 1. The van der Waals surface area contributed by atoms with E-state index in [0.29, 0.717) is 28.0 Å². The molecule has 0 aliphatic carbocycles. The summed E-state index contributed by atoms with van der Waals surface area (Å²) >= 11 is 5.93. The van der Waals surface area contributed by atoms with Crippen molar-refractivity contribution in [3.8, 4) is 0 Å². The number of aryl methyl sites for hydroxylation is 1. The van der Waals surface area contributed by atoms with Crippen LogP contribution >= 0.6 is 19.2 Å². The lowest BCUT2D eigenvalue weighted by molar-refractivity contribution is 0.332. The Hall–Kier alpha value is -1.40. The van der Waals surface area contributed by atoms with E-state index in [1.54, 1.807) is 6.07 Å². The van der Waals surface area contributed by atoms with Crippen LogP contribution in [0.4, 0.5) is 0 Å². The number of nitrogens with zero attached hydrogens (tertiary/aromatic N) is 1. The number of halogens is 1. The normalized spacial score (nSPS) is 18.4. The summed E-state index contributed by atoms with van der Waals surface area (Å²) in [5, 5.41) is 0.392. The number of rotatable bonds is 1. The number of hydrogen-bond acceptors (Lipinski definition) is 3. The summed E-state index contributed by atoms with van der Waals surface area (Å²) in [6, 6.07) is 3.09. The molecule has 1 aliphatic rings. The SMILES string of the molecule is O=c1[nH]c2cc(Cl)cc3c2n(c1=O)C(P(=O)(O)O)CC3. The molecule has 1 atom stereocenters. The van der Waals surface area contributed by atoms with Crippen LogP contribution in [0.15, 0.2) is 21.7 Å². The van der Waals surface area contributed by atoms with Crippen molar-refractivity contribution in [1.82, 2.24) is 9.55 Å². The third kappa shape index (κ3) is 1.94. The van der Waals surface area contributed by atoms with Crippen LogP contribution in [0.2, 0.25) is 5.02 Å². The minimum absolute atomic E-state index is 0.0794. The molecule has 1 aliphatic heterocycles. The molecular formula is C11H10ClN2O5P. The Balaban J connectivity index is 2.53. The number of aromatic nitrogens is 2. The zero-order valence-electron chi connectivity index (χ0n) is 10.0. The molecule has 0 bridgehead atoms. The topological polar surface area (TPSA) is 112 Å². The molecule has 0 spiro atoms. The van der Waals surface area contributed by atoms with Gasteiger partial charge in [0, 0.05) is 5.02 Å². The first-order valence-electron chi connectivity index (χ1n) is 5.81. The van der Waals surface area contributed by atoms with Crippen LogP contribution < -0.4 is 11.1 Å². The molecule has 1 unspecified atom stereocenters. The summed E-state index contributed by atoms with van der Waals surface area (Å²) < 4.78 is 12.5. The van der Waals surface area contributed by atoms with E-state index in [1.807, 2.05) is 0 Å².